The van der Waals surface area contributed by atoms with Crippen LogP contribution in [0, 0.1) is 5.92 Å². The molecule has 1 aromatic rings. The molecule has 0 amide bonds. The van der Waals surface area contributed by atoms with E-state index in [1.807, 2.05) is 0 Å². The fourth-order valence-corrected chi connectivity index (χ4v) is 2.59. The Hall–Kier alpha value is -0.780. The van der Waals surface area contributed by atoms with Gasteiger partial charge in [0.1, 0.15) is 0 Å². The van der Waals surface area contributed by atoms with Crippen LogP contribution in [0.25, 0.3) is 0 Å². The van der Waals surface area contributed by atoms with Gasteiger partial charge in [-0.25, -0.2) is 0 Å². The zero-order valence-electron chi connectivity index (χ0n) is 9.04. The molecule has 0 radical (unpaired) electrons. The summed E-state index contributed by atoms with van der Waals surface area (Å²) in [4.78, 5) is 5.68. The van der Waals surface area contributed by atoms with Gasteiger partial charge in [0.25, 0.3) is 0 Å². The molecule has 0 saturated carbocycles. The van der Waals surface area contributed by atoms with E-state index < -0.39 is 12.1 Å². The van der Waals surface area contributed by atoms with E-state index in [0.29, 0.717) is 13.0 Å². The van der Waals surface area contributed by atoms with Gasteiger partial charge in [-0.2, -0.15) is 13.2 Å². The van der Waals surface area contributed by atoms with Crippen molar-refractivity contribution >= 4 is 21.6 Å². The molecule has 0 aliphatic carbocycles. The topological polar surface area (TPSA) is 16.1 Å². The number of piperidine rings is 1. The van der Waals surface area contributed by atoms with Crippen molar-refractivity contribution in [3.05, 3.63) is 22.9 Å². The summed E-state index contributed by atoms with van der Waals surface area (Å²) in [6.07, 6.45) is -0.107. The molecule has 2 rings (SSSR count). The highest BCUT2D eigenvalue weighted by atomic mass is 79.9. The molecule has 1 aliphatic heterocycles. The van der Waals surface area contributed by atoms with Crippen molar-refractivity contribution in [1.82, 2.24) is 4.98 Å². The van der Waals surface area contributed by atoms with Gasteiger partial charge in [-0.1, -0.05) is 0 Å². The first-order chi connectivity index (χ1) is 7.98. The maximum atomic E-state index is 12.7. The molecule has 0 spiro atoms. The van der Waals surface area contributed by atoms with Crippen LogP contribution < -0.4 is 4.90 Å². The zero-order valence-corrected chi connectivity index (χ0v) is 10.6. The summed E-state index contributed by atoms with van der Waals surface area (Å²) in [6, 6.07) is 1.74. The Bertz CT molecular complexity index is 395. The molecule has 1 atom stereocenters. The number of alkyl halides is 3. The maximum absolute atomic E-state index is 12.7. The number of hydrogen-bond donors (Lipinski definition) is 0. The molecule has 0 N–H and O–H groups in total. The normalized spacial score (nSPS) is 21.6. The highest BCUT2D eigenvalue weighted by molar-refractivity contribution is 9.10. The van der Waals surface area contributed by atoms with Crippen molar-refractivity contribution in [2.24, 2.45) is 5.92 Å². The highest BCUT2D eigenvalue weighted by Crippen LogP contribution is 2.36. The number of hydrogen-bond acceptors (Lipinski definition) is 2. The second-order valence-electron chi connectivity index (χ2n) is 4.15. The minimum absolute atomic E-state index is 0.0338. The highest BCUT2D eigenvalue weighted by Gasteiger charge is 2.41. The van der Waals surface area contributed by atoms with E-state index in [9.17, 15) is 13.2 Å². The Labute approximate surface area is 106 Å². The molecule has 94 valence electrons. The summed E-state index contributed by atoms with van der Waals surface area (Å²) in [5.74, 6) is -1.23. The van der Waals surface area contributed by atoms with E-state index in [4.69, 9.17) is 0 Å². The lowest BCUT2D eigenvalue weighted by molar-refractivity contribution is -0.175. The summed E-state index contributed by atoms with van der Waals surface area (Å²) in [5, 5.41) is 0. The van der Waals surface area contributed by atoms with Crippen LogP contribution >= 0.6 is 15.9 Å². The van der Waals surface area contributed by atoms with Gasteiger partial charge in [0.2, 0.25) is 0 Å². The Balaban J connectivity index is 2.15. The SMILES string of the molecule is FC(F)(F)C1CCCN(c2ccncc2Br)C1. The number of aromatic nitrogens is 1. The summed E-state index contributed by atoms with van der Waals surface area (Å²) in [6.45, 7) is 0.696. The Morgan fingerprint density at radius 3 is 2.82 bits per heavy atom. The van der Waals surface area contributed by atoms with Crippen LogP contribution in [-0.2, 0) is 0 Å². The lowest BCUT2D eigenvalue weighted by Crippen LogP contribution is -2.41. The summed E-state index contributed by atoms with van der Waals surface area (Å²) < 4.78 is 38.8. The lowest BCUT2D eigenvalue weighted by Gasteiger charge is -2.35. The predicted molar refractivity (Wildman–Crippen MR) is 62.9 cm³/mol. The minimum atomic E-state index is -4.10. The van der Waals surface area contributed by atoms with E-state index in [0.717, 1.165) is 10.2 Å². The molecule has 2 nitrogen and oxygen atoms in total. The molecule has 2 heterocycles. The summed E-state index contributed by atoms with van der Waals surface area (Å²) in [5.41, 5.74) is 0.786. The van der Waals surface area contributed by atoms with Gasteiger partial charge >= 0.3 is 6.18 Å². The molecule has 0 bridgehead atoms. The van der Waals surface area contributed by atoms with Crippen molar-refractivity contribution in [2.75, 3.05) is 18.0 Å². The smallest absolute Gasteiger partial charge is 0.370 e. The van der Waals surface area contributed by atoms with E-state index in [1.54, 1.807) is 23.4 Å². The van der Waals surface area contributed by atoms with Gasteiger partial charge in [0.15, 0.2) is 0 Å². The van der Waals surface area contributed by atoms with Crippen LogP contribution in [0.2, 0.25) is 0 Å². The molecule has 6 heteroatoms. The number of halogens is 4. The minimum Gasteiger partial charge on any atom is -0.370 e. The molecule has 1 fully saturated rings. The van der Waals surface area contributed by atoms with Crippen LogP contribution in [0.5, 0.6) is 0 Å². The van der Waals surface area contributed by atoms with Crippen molar-refractivity contribution in [2.45, 2.75) is 19.0 Å². The van der Waals surface area contributed by atoms with Gasteiger partial charge in [-0.3, -0.25) is 4.98 Å². The second-order valence-corrected chi connectivity index (χ2v) is 5.01. The first kappa shape index (κ1) is 12.7. The largest absolute Gasteiger partial charge is 0.393 e. The van der Waals surface area contributed by atoms with E-state index in [2.05, 4.69) is 20.9 Å². The quantitative estimate of drug-likeness (QED) is 0.787. The van der Waals surface area contributed by atoms with Gasteiger partial charge < -0.3 is 4.90 Å². The van der Waals surface area contributed by atoms with Crippen molar-refractivity contribution in [3.8, 4) is 0 Å². The number of rotatable bonds is 1. The van der Waals surface area contributed by atoms with Crippen molar-refractivity contribution < 1.29 is 13.2 Å². The molecule has 1 saturated heterocycles. The third-order valence-corrected chi connectivity index (χ3v) is 3.59. The van der Waals surface area contributed by atoms with Crippen molar-refractivity contribution in [1.29, 1.82) is 0 Å². The van der Waals surface area contributed by atoms with E-state index in [-0.39, 0.29) is 13.0 Å². The molecule has 1 aliphatic rings. The van der Waals surface area contributed by atoms with Crippen LogP contribution in [-0.4, -0.2) is 24.2 Å². The Morgan fingerprint density at radius 1 is 1.41 bits per heavy atom. The predicted octanol–water partition coefficient (Wildman–Crippen LogP) is 3.62. The fraction of sp³-hybridized carbons (Fsp3) is 0.545. The first-order valence-corrected chi connectivity index (χ1v) is 6.19. The Morgan fingerprint density at radius 2 is 2.18 bits per heavy atom. The third kappa shape index (κ3) is 2.91. The van der Waals surface area contributed by atoms with Crippen LogP contribution in [0.1, 0.15) is 12.8 Å². The summed E-state index contributed by atoms with van der Waals surface area (Å²) >= 11 is 3.32. The van der Waals surface area contributed by atoms with Gasteiger partial charge in [0.05, 0.1) is 16.1 Å². The zero-order chi connectivity index (χ0) is 12.5. The standard InChI is InChI=1S/C11H12BrF3N2/c12-9-6-16-4-3-10(9)17-5-1-2-8(7-17)11(13,14)15/h3-4,6,8H,1-2,5,7H2. The molecule has 1 unspecified atom stereocenters. The Kier molecular flexibility index (Phi) is 3.61. The van der Waals surface area contributed by atoms with Gasteiger partial charge in [-0.05, 0) is 34.8 Å². The molecular formula is C11H12BrF3N2. The molecule has 17 heavy (non-hydrogen) atoms. The molecule has 1 aromatic heterocycles. The van der Waals surface area contributed by atoms with Gasteiger partial charge in [-0.15, -0.1) is 0 Å². The second kappa shape index (κ2) is 4.84. The lowest BCUT2D eigenvalue weighted by atomic mass is 9.97. The summed E-state index contributed by atoms with van der Waals surface area (Å²) in [7, 11) is 0. The number of anilines is 1. The molecular weight excluding hydrogens is 297 g/mol. The maximum Gasteiger partial charge on any atom is 0.393 e. The monoisotopic (exact) mass is 308 g/mol. The van der Waals surface area contributed by atoms with E-state index >= 15 is 0 Å². The average Bonchev–Trinajstić information content (AvgIpc) is 2.29. The number of nitrogens with zero attached hydrogens (tertiary/aromatic N) is 2. The molecule has 0 aromatic carbocycles. The third-order valence-electron chi connectivity index (χ3n) is 2.98. The average molecular weight is 309 g/mol. The van der Waals surface area contributed by atoms with E-state index in [1.165, 1.54) is 0 Å². The van der Waals surface area contributed by atoms with Crippen LogP contribution in [0.15, 0.2) is 22.9 Å². The van der Waals surface area contributed by atoms with Crippen LogP contribution in [0.4, 0.5) is 18.9 Å². The fourth-order valence-electron chi connectivity index (χ4n) is 2.09. The first-order valence-electron chi connectivity index (χ1n) is 5.39. The van der Waals surface area contributed by atoms with Crippen molar-refractivity contribution in [3.63, 3.8) is 0 Å². The van der Waals surface area contributed by atoms with Gasteiger partial charge in [0, 0.05) is 25.5 Å². The van der Waals surface area contributed by atoms with Crippen LogP contribution in [0.3, 0.4) is 0 Å². The number of pyridine rings is 1.